The molecule has 27 heavy (non-hydrogen) atoms. The zero-order chi connectivity index (χ0) is 19.9. The van der Waals surface area contributed by atoms with Crippen molar-refractivity contribution in [3.05, 3.63) is 70.7 Å². The van der Waals surface area contributed by atoms with Crippen LogP contribution in [0.25, 0.3) is 0 Å². The number of amides is 2. The number of imide groups is 1. The lowest BCUT2D eigenvalue weighted by Gasteiger charge is -2.16. The standard InChI is InChI=1S/C17H9F5N2O3/c18-9-1-7(2-10(19)15(9)22)6-24-14(25)5-13(17(24)27)23-8-3-11(20)16(26)12(21)4-8/h1-5,23,26H,6H2. The molecule has 2 aromatic carbocycles. The van der Waals surface area contributed by atoms with Gasteiger partial charge in [-0.25, -0.2) is 22.0 Å². The smallest absolute Gasteiger partial charge is 0.277 e. The van der Waals surface area contributed by atoms with Gasteiger partial charge in [0.1, 0.15) is 5.70 Å². The van der Waals surface area contributed by atoms with Gasteiger partial charge < -0.3 is 10.4 Å². The molecule has 0 atom stereocenters. The molecule has 0 fully saturated rings. The Balaban J connectivity index is 1.79. The number of phenols is 1. The predicted molar refractivity (Wildman–Crippen MR) is 81.6 cm³/mol. The Morgan fingerprint density at radius 2 is 1.44 bits per heavy atom. The number of hydrogen-bond donors (Lipinski definition) is 2. The highest BCUT2D eigenvalue weighted by atomic mass is 19.2. The van der Waals surface area contributed by atoms with Crippen molar-refractivity contribution in [2.24, 2.45) is 0 Å². The van der Waals surface area contributed by atoms with Crippen molar-refractivity contribution in [2.45, 2.75) is 6.54 Å². The number of carbonyl (C=O) groups is 2. The topological polar surface area (TPSA) is 69.6 Å². The van der Waals surface area contributed by atoms with Crippen molar-refractivity contribution >= 4 is 17.5 Å². The number of rotatable bonds is 4. The SMILES string of the molecule is O=C1C=C(Nc2cc(F)c(O)c(F)c2)C(=O)N1Cc1cc(F)c(F)c(F)c1. The van der Waals surface area contributed by atoms with Crippen LogP contribution in [0.4, 0.5) is 27.6 Å². The van der Waals surface area contributed by atoms with Crippen molar-refractivity contribution in [1.29, 1.82) is 0 Å². The highest BCUT2D eigenvalue weighted by Crippen LogP contribution is 2.26. The molecule has 140 valence electrons. The first-order chi connectivity index (χ1) is 12.7. The third-order valence-corrected chi connectivity index (χ3v) is 3.69. The molecule has 0 aliphatic carbocycles. The van der Waals surface area contributed by atoms with Gasteiger partial charge in [-0.15, -0.1) is 0 Å². The molecule has 10 heteroatoms. The van der Waals surface area contributed by atoms with Crippen molar-refractivity contribution in [3.63, 3.8) is 0 Å². The van der Waals surface area contributed by atoms with E-state index in [0.717, 1.165) is 6.08 Å². The summed E-state index contributed by atoms with van der Waals surface area (Å²) < 4.78 is 66.2. The van der Waals surface area contributed by atoms with Crippen molar-refractivity contribution < 1.29 is 36.6 Å². The molecule has 0 radical (unpaired) electrons. The van der Waals surface area contributed by atoms with Gasteiger partial charge in [-0.1, -0.05) is 0 Å². The Hall–Kier alpha value is -3.43. The molecule has 0 aromatic heterocycles. The zero-order valence-corrected chi connectivity index (χ0v) is 13.2. The minimum absolute atomic E-state index is 0.176. The van der Waals surface area contributed by atoms with E-state index < -0.39 is 53.2 Å². The van der Waals surface area contributed by atoms with Crippen LogP contribution < -0.4 is 5.32 Å². The van der Waals surface area contributed by atoms with Gasteiger partial charge in [0.25, 0.3) is 11.8 Å². The van der Waals surface area contributed by atoms with Crippen molar-refractivity contribution in [1.82, 2.24) is 4.90 Å². The largest absolute Gasteiger partial charge is 0.503 e. The fraction of sp³-hybridized carbons (Fsp3) is 0.0588. The summed E-state index contributed by atoms with van der Waals surface area (Å²) in [6.07, 6.45) is 0.821. The Morgan fingerprint density at radius 3 is 2.00 bits per heavy atom. The summed E-state index contributed by atoms with van der Waals surface area (Å²) in [7, 11) is 0. The summed E-state index contributed by atoms with van der Waals surface area (Å²) in [5, 5.41) is 11.4. The fourth-order valence-corrected chi connectivity index (χ4v) is 2.42. The second kappa shape index (κ2) is 6.71. The van der Waals surface area contributed by atoms with Crippen LogP contribution in [-0.4, -0.2) is 21.8 Å². The van der Waals surface area contributed by atoms with E-state index >= 15 is 0 Å². The maximum absolute atomic E-state index is 13.3. The lowest BCUT2D eigenvalue weighted by atomic mass is 10.2. The number of phenolic OH excluding ortho intramolecular Hbond substituents is 1. The van der Waals surface area contributed by atoms with Gasteiger partial charge in [0.05, 0.1) is 6.54 Å². The predicted octanol–water partition coefficient (Wildman–Crippen LogP) is 2.95. The van der Waals surface area contributed by atoms with E-state index in [0.29, 0.717) is 29.2 Å². The molecular formula is C17H9F5N2O3. The van der Waals surface area contributed by atoms with E-state index in [4.69, 9.17) is 5.11 Å². The van der Waals surface area contributed by atoms with Crippen molar-refractivity contribution in [2.75, 3.05) is 5.32 Å². The molecule has 1 heterocycles. The van der Waals surface area contributed by atoms with E-state index in [1.807, 2.05) is 0 Å². The van der Waals surface area contributed by atoms with Crippen LogP contribution in [-0.2, 0) is 16.1 Å². The second-order valence-electron chi connectivity index (χ2n) is 5.57. The summed E-state index contributed by atoms with van der Waals surface area (Å²) in [5.41, 5.74) is -0.784. The number of anilines is 1. The minimum atomic E-state index is -1.69. The van der Waals surface area contributed by atoms with Crippen LogP contribution in [0.2, 0.25) is 0 Å². The van der Waals surface area contributed by atoms with E-state index in [1.165, 1.54) is 0 Å². The number of nitrogens with zero attached hydrogens (tertiary/aromatic N) is 1. The molecule has 2 amide bonds. The fourth-order valence-electron chi connectivity index (χ4n) is 2.42. The molecule has 2 N–H and O–H groups in total. The lowest BCUT2D eigenvalue weighted by molar-refractivity contribution is -0.137. The van der Waals surface area contributed by atoms with Crippen LogP contribution in [0, 0.1) is 29.1 Å². The first kappa shape index (κ1) is 18.4. The first-order valence-corrected chi connectivity index (χ1v) is 7.33. The van der Waals surface area contributed by atoms with Gasteiger partial charge in [-0.3, -0.25) is 14.5 Å². The normalized spacial score (nSPS) is 14.0. The van der Waals surface area contributed by atoms with Gasteiger partial charge in [-0.05, 0) is 17.7 Å². The molecule has 3 rings (SSSR count). The summed E-state index contributed by atoms with van der Waals surface area (Å²) >= 11 is 0. The van der Waals surface area contributed by atoms with Crippen molar-refractivity contribution in [3.8, 4) is 5.75 Å². The zero-order valence-electron chi connectivity index (χ0n) is 13.2. The van der Waals surface area contributed by atoms with Crippen LogP contribution in [0.1, 0.15) is 5.56 Å². The summed E-state index contributed by atoms with van der Waals surface area (Å²) in [4.78, 5) is 24.8. The molecule has 0 saturated heterocycles. The third kappa shape index (κ3) is 3.46. The third-order valence-electron chi connectivity index (χ3n) is 3.69. The number of aromatic hydroxyl groups is 1. The quantitative estimate of drug-likeness (QED) is 0.368. The molecule has 0 saturated carbocycles. The monoisotopic (exact) mass is 384 g/mol. The van der Waals surface area contributed by atoms with Gasteiger partial charge in [0.2, 0.25) is 0 Å². The number of hydrogen-bond acceptors (Lipinski definition) is 4. The van der Waals surface area contributed by atoms with E-state index in [1.54, 1.807) is 0 Å². The molecular weight excluding hydrogens is 375 g/mol. The Labute approximate surface area is 148 Å². The number of benzene rings is 2. The van der Waals surface area contributed by atoms with Crippen LogP contribution in [0.3, 0.4) is 0 Å². The molecule has 0 spiro atoms. The Bertz CT molecular complexity index is 960. The average Bonchev–Trinajstić information content (AvgIpc) is 2.85. The number of halogens is 5. The highest BCUT2D eigenvalue weighted by Gasteiger charge is 2.32. The molecule has 1 aliphatic heterocycles. The maximum Gasteiger partial charge on any atom is 0.277 e. The molecule has 5 nitrogen and oxygen atoms in total. The highest BCUT2D eigenvalue weighted by molar-refractivity contribution is 6.17. The van der Waals surface area contributed by atoms with Gasteiger partial charge in [-0.2, -0.15) is 0 Å². The maximum atomic E-state index is 13.3. The summed E-state index contributed by atoms with van der Waals surface area (Å²) in [6.45, 7) is -0.550. The number of carbonyl (C=O) groups excluding carboxylic acids is 2. The Kier molecular flexibility index (Phi) is 4.56. The van der Waals surface area contributed by atoms with E-state index in [2.05, 4.69) is 5.32 Å². The van der Waals surface area contributed by atoms with Gasteiger partial charge >= 0.3 is 0 Å². The molecule has 1 aliphatic rings. The molecule has 0 unspecified atom stereocenters. The molecule has 0 bridgehead atoms. The summed E-state index contributed by atoms with van der Waals surface area (Å²) in [6, 6.07) is 2.67. The second-order valence-corrected chi connectivity index (χ2v) is 5.57. The van der Waals surface area contributed by atoms with Crippen LogP contribution >= 0.6 is 0 Å². The summed E-state index contributed by atoms with van der Waals surface area (Å²) in [5.74, 6) is -10.2. The van der Waals surface area contributed by atoms with E-state index in [9.17, 15) is 31.5 Å². The van der Waals surface area contributed by atoms with Crippen LogP contribution in [0.15, 0.2) is 36.0 Å². The first-order valence-electron chi connectivity index (χ1n) is 7.33. The van der Waals surface area contributed by atoms with Gasteiger partial charge in [0.15, 0.2) is 34.8 Å². The van der Waals surface area contributed by atoms with Crippen LogP contribution in [0.5, 0.6) is 5.75 Å². The Morgan fingerprint density at radius 1 is 0.889 bits per heavy atom. The minimum Gasteiger partial charge on any atom is -0.503 e. The molecule has 2 aromatic rings. The number of nitrogens with one attached hydrogen (secondary N) is 1. The van der Waals surface area contributed by atoms with E-state index in [-0.39, 0.29) is 16.9 Å². The van der Waals surface area contributed by atoms with Gasteiger partial charge in [0, 0.05) is 23.9 Å². The average molecular weight is 384 g/mol. The lowest BCUT2D eigenvalue weighted by Crippen LogP contribution is -2.31.